The highest BCUT2D eigenvalue weighted by molar-refractivity contribution is 5.83. The summed E-state index contributed by atoms with van der Waals surface area (Å²) in [6, 6.07) is 10.2. The molecule has 2 fully saturated rings. The van der Waals surface area contributed by atoms with Gasteiger partial charge in [-0.3, -0.25) is 4.79 Å². The van der Waals surface area contributed by atoms with Gasteiger partial charge in [0.05, 0.1) is 18.6 Å². The number of carbonyl (C=O) groups excluding carboxylic acids is 1. The Labute approximate surface area is 132 Å². The maximum absolute atomic E-state index is 12.8. The normalized spacial score (nSPS) is 21.6. The Balaban J connectivity index is 1.59. The lowest BCUT2D eigenvalue weighted by Gasteiger charge is -2.28. The summed E-state index contributed by atoms with van der Waals surface area (Å²) < 4.78 is 11.0. The van der Waals surface area contributed by atoms with E-state index in [-0.39, 0.29) is 5.97 Å². The standard InChI is InChI=1S/C18H25NO3/c20-17(22-15-12-19-10-13-21-14-11-19)18(8-4-5-9-18)16-6-2-1-3-7-16/h1-3,6-7H,4-5,8-15H2/p+1. The second kappa shape index (κ2) is 7.25. The molecule has 1 heterocycles. The highest BCUT2D eigenvalue weighted by atomic mass is 16.5. The Morgan fingerprint density at radius 2 is 1.82 bits per heavy atom. The predicted octanol–water partition coefficient (Wildman–Crippen LogP) is 0.957. The maximum Gasteiger partial charge on any atom is 0.316 e. The van der Waals surface area contributed by atoms with Crippen LogP contribution in [0.3, 0.4) is 0 Å². The van der Waals surface area contributed by atoms with Crippen LogP contribution in [0.5, 0.6) is 0 Å². The van der Waals surface area contributed by atoms with Gasteiger partial charge in [-0.15, -0.1) is 0 Å². The number of hydrogen-bond donors (Lipinski definition) is 1. The molecule has 0 atom stereocenters. The van der Waals surface area contributed by atoms with E-state index in [2.05, 4.69) is 12.1 Å². The molecule has 0 amide bonds. The second-order valence-electron chi connectivity index (χ2n) is 6.40. The van der Waals surface area contributed by atoms with Crippen molar-refractivity contribution >= 4 is 5.97 Å². The number of hydrogen-bond acceptors (Lipinski definition) is 3. The molecule has 1 saturated heterocycles. The number of carbonyl (C=O) groups is 1. The molecule has 1 aliphatic heterocycles. The number of quaternary nitrogens is 1. The fourth-order valence-corrected chi connectivity index (χ4v) is 3.68. The van der Waals surface area contributed by atoms with Gasteiger partial charge in [-0.25, -0.2) is 0 Å². The van der Waals surface area contributed by atoms with Gasteiger partial charge in [0.25, 0.3) is 0 Å². The van der Waals surface area contributed by atoms with E-state index in [1.54, 1.807) is 0 Å². The topological polar surface area (TPSA) is 40.0 Å². The van der Waals surface area contributed by atoms with E-state index in [0.717, 1.165) is 64.1 Å². The molecule has 4 heteroatoms. The van der Waals surface area contributed by atoms with E-state index in [4.69, 9.17) is 9.47 Å². The number of ether oxygens (including phenoxy) is 2. The smallest absolute Gasteiger partial charge is 0.316 e. The summed E-state index contributed by atoms with van der Waals surface area (Å²) in [6.45, 7) is 5.07. The highest BCUT2D eigenvalue weighted by Gasteiger charge is 2.44. The molecule has 0 spiro atoms. The van der Waals surface area contributed by atoms with Crippen LogP contribution >= 0.6 is 0 Å². The molecular formula is C18H26NO3+. The van der Waals surface area contributed by atoms with E-state index in [0.29, 0.717) is 6.61 Å². The lowest BCUT2D eigenvalue weighted by molar-refractivity contribution is -0.908. The molecule has 0 bridgehead atoms. The predicted molar refractivity (Wildman–Crippen MR) is 83.9 cm³/mol. The average molecular weight is 304 g/mol. The van der Waals surface area contributed by atoms with Gasteiger partial charge in [0, 0.05) is 0 Å². The molecule has 0 radical (unpaired) electrons. The Morgan fingerprint density at radius 3 is 2.50 bits per heavy atom. The third-order valence-corrected chi connectivity index (χ3v) is 5.06. The van der Waals surface area contributed by atoms with Crippen molar-refractivity contribution in [1.29, 1.82) is 0 Å². The number of esters is 1. The van der Waals surface area contributed by atoms with E-state index in [1.807, 2.05) is 18.2 Å². The highest BCUT2D eigenvalue weighted by Crippen LogP contribution is 2.42. The minimum Gasteiger partial charge on any atom is -0.459 e. The van der Waals surface area contributed by atoms with Gasteiger partial charge in [-0.05, 0) is 18.4 Å². The van der Waals surface area contributed by atoms with Gasteiger partial charge in [-0.1, -0.05) is 43.2 Å². The molecular weight excluding hydrogens is 278 g/mol. The van der Waals surface area contributed by atoms with Gasteiger partial charge >= 0.3 is 5.97 Å². The van der Waals surface area contributed by atoms with Crippen molar-refractivity contribution in [2.24, 2.45) is 0 Å². The number of nitrogens with one attached hydrogen (secondary N) is 1. The summed E-state index contributed by atoms with van der Waals surface area (Å²) in [5.41, 5.74) is 0.720. The van der Waals surface area contributed by atoms with Gasteiger partial charge in [0.1, 0.15) is 26.2 Å². The molecule has 1 aromatic rings. The summed E-state index contributed by atoms with van der Waals surface area (Å²) in [5, 5.41) is 0. The molecule has 4 nitrogen and oxygen atoms in total. The Morgan fingerprint density at radius 1 is 1.14 bits per heavy atom. The first kappa shape index (κ1) is 15.5. The molecule has 22 heavy (non-hydrogen) atoms. The third kappa shape index (κ3) is 3.33. The van der Waals surface area contributed by atoms with Crippen LogP contribution in [0.15, 0.2) is 30.3 Å². The van der Waals surface area contributed by atoms with Crippen LogP contribution in [0.25, 0.3) is 0 Å². The molecule has 1 aromatic carbocycles. The van der Waals surface area contributed by atoms with Crippen LogP contribution in [-0.4, -0.2) is 45.4 Å². The molecule has 0 unspecified atom stereocenters. The lowest BCUT2D eigenvalue weighted by atomic mass is 9.79. The van der Waals surface area contributed by atoms with Crippen molar-refractivity contribution in [2.75, 3.05) is 39.5 Å². The molecule has 2 aliphatic rings. The van der Waals surface area contributed by atoms with E-state index in [1.165, 1.54) is 4.90 Å². The van der Waals surface area contributed by atoms with Gasteiger partial charge < -0.3 is 14.4 Å². The average Bonchev–Trinajstić information content (AvgIpc) is 3.08. The van der Waals surface area contributed by atoms with Crippen molar-refractivity contribution in [3.63, 3.8) is 0 Å². The third-order valence-electron chi connectivity index (χ3n) is 5.06. The number of rotatable bonds is 5. The van der Waals surface area contributed by atoms with Crippen LogP contribution in [0.2, 0.25) is 0 Å². The minimum atomic E-state index is -0.401. The number of morpholine rings is 1. The largest absolute Gasteiger partial charge is 0.459 e. The summed E-state index contributed by atoms with van der Waals surface area (Å²) in [4.78, 5) is 14.2. The van der Waals surface area contributed by atoms with Crippen molar-refractivity contribution in [3.05, 3.63) is 35.9 Å². The SMILES string of the molecule is O=C(OCC[NH+]1CCOCC1)C1(c2ccccc2)CCCC1. The van der Waals surface area contributed by atoms with E-state index >= 15 is 0 Å². The van der Waals surface area contributed by atoms with Crippen molar-refractivity contribution in [3.8, 4) is 0 Å². The summed E-state index contributed by atoms with van der Waals surface area (Å²) in [6.07, 6.45) is 4.05. The molecule has 1 saturated carbocycles. The van der Waals surface area contributed by atoms with Crippen LogP contribution in [0.1, 0.15) is 31.2 Å². The maximum atomic E-state index is 12.8. The van der Waals surface area contributed by atoms with Gasteiger partial charge in [0.2, 0.25) is 0 Å². The van der Waals surface area contributed by atoms with Crippen molar-refractivity contribution in [1.82, 2.24) is 0 Å². The summed E-state index contributed by atoms with van der Waals surface area (Å²) >= 11 is 0. The Bertz CT molecular complexity index is 476. The van der Waals surface area contributed by atoms with Crippen molar-refractivity contribution < 1.29 is 19.2 Å². The Kier molecular flexibility index (Phi) is 5.11. The molecule has 3 rings (SSSR count). The first-order valence-electron chi connectivity index (χ1n) is 8.45. The van der Waals surface area contributed by atoms with E-state index in [9.17, 15) is 4.79 Å². The molecule has 1 N–H and O–H groups in total. The first-order chi connectivity index (χ1) is 10.8. The second-order valence-corrected chi connectivity index (χ2v) is 6.40. The zero-order valence-electron chi connectivity index (χ0n) is 13.2. The van der Waals surface area contributed by atoms with Crippen LogP contribution < -0.4 is 4.90 Å². The van der Waals surface area contributed by atoms with Crippen LogP contribution in [0, 0.1) is 0 Å². The zero-order valence-corrected chi connectivity index (χ0v) is 13.2. The Hall–Kier alpha value is -1.39. The van der Waals surface area contributed by atoms with Crippen LogP contribution in [0.4, 0.5) is 0 Å². The molecule has 120 valence electrons. The molecule has 1 aliphatic carbocycles. The summed E-state index contributed by atoms with van der Waals surface area (Å²) in [7, 11) is 0. The monoisotopic (exact) mass is 304 g/mol. The van der Waals surface area contributed by atoms with Crippen molar-refractivity contribution in [2.45, 2.75) is 31.1 Å². The van der Waals surface area contributed by atoms with Gasteiger partial charge in [0.15, 0.2) is 0 Å². The minimum absolute atomic E-state index is 0.0242. The first-order valence-corrected chi connectivity index (χ1v) is 8.45. The fourth-order valence-electron chi connectivity index (χ4n) is 3.68. The summed E-state index contributed by atoms with van der Waals surface area (Å²) in [5.74, 6) is -0.0242. The lowest BCUT2D eigenvalue weighted by Crippen LogP contribution is -3.14. The quantitative estimate of drug-likeness (QED) is 0.824. The zero-order chi connectivity index (χ0) is 15.3. The molecule has 0 aromatic heterocycles. The van der Waals surface area contributed by atoms with Crippen LogP contribution in [-0.2, 0) is 19.7 Å². The fraction of sp³-hybridized carbons (Fsp3) is 0.611. The van der Waals surface area contributed by atoms with Gasteiger partial charge in [-0.2, -0.15) is 0 Å². The number of benzene rings is 1. The van der Waals surface area contributed by atoms with E-state index < -0.39 is 5.41 Å².